The van der Waals surface area contributed by atoms with E-state index >= 15 is 0 Å². The van der Waals surface area contributed by atoms with Gasteiger partial charge in [0.05, 0.1) is 5.56 Å². The first-order chi connectivity index (χ1) is 9.29. The molecule has 2 rings (SSSR count). The molecule has 20 heavy (non-hydrogen) atoms. The average Bonchev–Trinajstić information content (AvgIpc) is 2.28. The molecule has 3 N–H and O–H groups in total. The summed E-state index contributed by atoms with van der Waals surface area (Å²) >= 11 is 5.71. The minimum absolute atomic E-state index is 0.0655. The van der Waals surface area contributed by atoms with Crippen LogP contribution in [0, 0.1) is 11.7 Å². The Morgan fingerprint density at radius 2 is 2.10 bits per heavy atom. The van der Waals surface area contributed by atoms with Crippen LogP contribution in [0.25, 0.3) is 0 Å². The van der Waals surface area contributed by atoms with Gasteiger partial charge >= 0.3 is 0 Å². The largest absolute Gasteiger partial charge is 0.352 e. The number of nitrogens with two attached hydrogens (primary N) is 1. The second kappa shape index (κ2) is 5.67. The van der Waals surface area contributed by atoms with Gasteiger partial charge in [-0.25, -0.2) is 17.9 Å². The quantitative estimate of drug-likeness (QED) is 0.884. The van der Waals surface area contributed by atoms with Crippen molar-refractivity contribution in [3.8, 4) is 0 Å². The molecule has 0 spiro atoms. The van der Waals surface area contributed by atoms with E-state index in [9.17, 15) is 17.6 Å². The van der Waals surface area contributed by atoms with Crippen LogP contribution in [0.2, 0.25) is 5.02 Å². The predicted octanol–water partition coefficient (Wildman–Crippen LogP) is 1.66. The highest BCUT2D eigenvalue weighted by Crippen LogP contribution is 2.26. The third-order valence-electron chi connectivity index (χ3n) is 3.33. The molecular formula is C12H14ClFN2O3S. The van der Waals surface area contributed by atoms with Crippen molar-refractivity contribution in [3.05, 3.63) is 28.5 Å². The molecule has 1 aliphatic carbocycles. The topological polar surface area (TPSA) is 89.3 Å². The molecule has 0 saturated heterocycles. The number of hydrogen-bond donors (Lipinski definition) is 2. The summed E-state index contributed by atoms with van der Waals surface area (Å²) in [5.74, 6) is -1.47. The Balaban J connectivity index is 2.26. The fourth-order valence-electron chi connectivity index (χ4n) is 1.97. The highest BCUT2D eigenvalue weighted by atomic mass is 35.5. The van der Waals surface area contributed by atoms with Crippen LogP contribution in [0.1, 0.15) is 29.6 Å². The SMILES string of the molecule is NS(=O)(=O)c1cc(Cl)cc(C(=O)NCC2CCC2)c1F. The fraction of sp³-hybridized carbons (Fsp3) is 0.417. The van der Waals surface area contributed by atoms with Crippen LogP contribution in [0.4, 0.5) is 4.39 Å². The maximum atomic E-state index is 14.0. The Hall–Kier alpha value is -1.18. The summed E-state index contributed by atoms with van der Waals surface area (Å²) in [6.07, 6.45) is 3.18. The van der Waals surface area contributed by atoms with Gasteiger partial charge in [-0.15, -0.1) is 0 Å². The van der Waals surface area contributed by atoms with Gasteiger partial charge in [-0.2, -0.15) is 0 Å². The van der Waals surface area contributed by atoms with E-state index in [1.54, 1.807) is 0 Å². The third kappa shape index (κ3) is 3.28. The van der Waals surface area contributed by atoms with Crippen molar-refractivity contribution < 1.29 is 17.6 Å². The first-order valence-corrected chi connectivity index (χ1v) is 8.01. The smallest absolute Gasteiger partial charge is 0.254 e. The highest BCUT2D eigenvalue weighted by Gasteiger charge is 2.24. The number of halogens is 2. The molecule has 1 fully saturated rings. The lowest BCUT2D eigenvalue weighted by Gasteiger charge is -2.25. The van der Waals surface area contributed by atoms with E-state index in [1.165, 1.54) is 0 Å². The van der Waals surface area contributed by atoms with Gasteiger partial charge in [0.1, 0.15) is 4.90 Å². The third-order valence-corrected chi connectivity index (χ3v) is 4.46. The molecule has 1 amide bonds. The van der Waals surface area contributed by atoms with Crippen LogP contribution in [-0.4, -0.2) is 20.9 Å². The summed E-state index contributed by atoms with van der Waals surface area (Å²) in [5, 5.41) is 7.40. The average molecular weight is 321 g/mol. The van der Waals surface area contributed by atoms with Crippen LogP contribution in [-0.2, 0) is 10.0 Å². The Morgan fingerprint density at radius 1 is 1.45 bits per heavy atom. The lowest BCUT2D eigenvalue weighted by atomic mass is 9.85. The standard InChI is InChI=1S/C12H14ClFN2O3S/c13-8-4-9(11(14)10(5-8)20(15,18)19)12(17)16-6-7-2-1-3-7/h4-5,7H,1-3,6H2,(H,16,17)(H2,15,18,19). The van der Waals surface area contributed by atoms with Crippen LogP contribution in [0.5, 0.6) is 0 Å². The molecule has 5 nitrogen and oxygen atoms in total. The molecule has 0 unspecified atom stereocenters. The summed E-state index contributed by atoms with van der Waals surface area (Å²) in [6.45, 7) is 0.440. The van der Waals surface area contributed by atoms with Gasteiger partial charge in [-0.05, 0) is 30.9 Å². The van der Waals surface area contributed by atoms with Crippen LogP contribution in [0.3, 0.4) is 0 Å². The predicted molar refractivity (Wildman–Crippen MR) is 72.5 cm³/mol. The minimum Gasteiger partial charge on any atom is -0.352 e. The van der Waals surface area contributed by atoms with Crippen molar-refractivity contribution in [2.75, 3.05) is 6.54 Å². The maximum Gasteiger partial charge on any atom is 0.254 e. The molecule has 0 heterocycles. The zero-order chi connectivity index (χ0) is 14.9. The van der Waals surface area contributed by atoms with E-state index in [-0.39, 0.29) is 5.02 Å². The van der Waals surface area contributed by atoms with E-state index in [4.69, 9.17) is 16.7 Å². The molecule has 0 aliphatic heterocycles. The summed E-state index contributed by atoms with van der Waals surface area (Å²) in [6, 6.07) is 1.97. The van der Waals surface area contributed by atoms with Crippen LogP contribution in [0.15, 0.2) is 17.0 Å². The monoisotopic (exact) mass is 320 g/mol. The van der Waals surface area contributed by atoms with Crippen molar-refractivity contribution in [2.45, 2.75) is 24.2 Å². The zero-order valence-corrected chi connectivity index (χ0v) is 12.1. The Morgan fingerprint density at radius 3 is 2.60 bits per heavy atom. The van der Waals surface area contributed by atoms with Gasteiger partial charge in [0.15, 0.2) is 5.82 Å². The molecule has 1 aromatic carbocycles. The maximum absolute atomic E-state index is 14.0. The Bertz CT molecular complexity index is 644. The molecule has 110 valence electrons. The van der Waals surface area contributed by atoms with E-state index in [2.05, 4.69) is 5.32 Å². The highest BCUT2D eigenvalue weighted by molar-refractivity contribution is 7.89. The van der Waals surface area contributed by atoms with Crippen molar-refractivity contribution in [1.82, 2.24) is 5.32 Å². The van der Waals surface area contributed by atoms with Crippen molar-refractivity contribution in [1.29, 1.82) is 0 Å². The van der Waals surface area contributed by atoms with Gasteiger partial charge in [-0.1, -0.05) is 18.0 Å². The number of nitrogens with one attached hydrogen (secondary N) is 1. The molecule has 1 saturated carbocycles. The number of carbonyl (C=O) groups excluding carboxylic acids is 1. The number of sulfonamides is 1. The van der Waals surface area contributed by atoms with Crippen LogP contribution >= 0.6 is 11.6 Å². The molecule has 0 radical (unpaired) electrons. The molecule has 1 aromatic rings. The lowest BCUT2D eigenvalue weighted by Crippen LogP contribution is -2.33. The molecular weight excluding hydrogens is 307 g/mol. The Labute approximate surface area is 121 Å². The minimum atomic E-state index is -4.28. The van der Waals surface area contributed by atoms with E-state index < -0.39 is 32.2 Å². The molecule has 0 bridgehead atoms. The van der Waals surface area contributed by atoms with Gasteiger partial charge in [0.25, 0.3) is 5.91 Å². The van der Waals surface area contributed by atoms with E-state index in [1.807, 2.05) is 0 Å². The van der Waals surface area contributed by atoms with Gasteiger partial charge < -0.3 is 5.32 Å². The van der Waals surface area contributed by atoms with Crippen LogP contribution < -0.4 is 10.5 Å². The van der Waals surface area contributed by atoms with Crippen molar-refractivity contribution in [2.24, 2.45) is 11.1 Å². The van der Waals surface area contributed by atoms with E-state index in [0.29, 0.717) is 12.5 Å². The normalized spacial score (nSPS) is 15.8. The number of rotatable bonds is 4. The first-order valence-electron chi connectivity index (χ1n) is 6.09. The molecule has 0 aromatic heterocycles. The second-order valence-electron chi connectivity index (χ2n) is 4.82. The van der Waals surface area contributed by atoms with Gasteiger partial charge in [-0.3, -0.25) is 4.79 Å². The number of primary sulfonamides is 1. The summed E-state index contributed by atoms with van der Waals surface area (Å²) in [4.78, 5) is 11.1. The second-order valence-corrected chi connectivity index (χ2v) is 6.78. The fourth-order valence-corrected chi connectivity index (χ4v) is 2.90. The number of amides is 1. The molecule has 0 atom stereocenters. The summed E-state index contributed by atoms with van der Waals surface area (Å²) < 4.78 is 36.5. The van der Waals surface area contributed by atoms with Gasteiger partial charge in [0, 0.05) is 11.6 Å². The van der Waals surface area contributed by atoms with Crippen molar-refractivity contribution >= 4 is 27.5 Å². The molecule has 8 heteroatoms. The summed E-state index contributed by atoms with van der Waals surface area (Å²) in [5.41, 5.74) is -0.416. The number of hydrogen-bond acceptors (Lipinski definition) is 3. The van der Waals surface area contributed by atoms with Crippen molar-refractivity contribution in [3.63, 3.8) is 0 Å². The zero-order valence-electron chi connectivity index (χ0n) is 10.5. The number of carbonyl (C=O) groups is 1. The first kappa shape index (κ1) is 15.2. The summed E-state index contributed by atoms with van der Waals surface area (Å²) in [7, 11) is -4.28. The lowest BCUT2D eigenvalue weighted by molar-refractivity contribution is 0.0934. The molecule has 1 aliphatic rings. The Kier molecular flexibility index (Phi) is 4.31. The van der Waals surface area contributed by atoms with E-state index in [0.717, 1.165) is 31.4 Å². The number of benzene rings is 1. The van der Waals surface area contributed by atoms with Gasteiger partial charge in [0.2, 0.25) is 10.0 Å².